The van der Waals surface area contributed by atoms with Gasteiger partial charge in [-0.15, -0.1) is 0 Å². The summed E-state index contributed by atoms with van der Waals surface area (Å²) in [5, 5.41) is -0.378. The van der Waals surface area contributed by atoms with Gasteiger partial charge in [-0.3, -0.25) is 4.90 Å². The lowest BCUT2D eigenvalue weighted by molar-refractivity contribution is -0.0336. The van der Waals surface area contributed by atoms with Gasteiger partial charge >= 0.3 is 0 Å². The van der Waals surface area contributed by atoms with E-state index in [0.29, 0.717) is 13.2 Å². The Morgan fingerprint density at radius 1 is 1.42 bits per heavy atom. The summed E-state index contributed by atoms with van der Waals surface area (Å²) < 4.78 is 31.2. The molecule has 1 atom stereocenters. The van der Waals surface area contributed by atoms with Gasteiger partial charge in [0.25, 0.3) is 0 Å². The van der Waals surface area contributed by atoms with Gasteiger partial charge in [-0.05, 0) is 26.8 Å². The van der Waals surface area contributed by atoms with Crippen molar-refractivity contribution in [2.75, 3.05) is 39.8 Å². The average Bonchev–Trinajstić information content (AvgIpc) is 2.36. The van der Waals surface area contributed by atoms with E-state index < -0.39 is 10.0 Å². The SMILES string of the molecule is CCCCN1CCOC(CN(C)S(=O)(=O)C(C)C)C1. The zero-order valence-corrected chi connectivity index (χ0v) is 13.4. The van der Waals surface area contributed by atoms with Gasteiger partial charge in [-0.25, -0.2) is 12.7 Å². The molecular formula is C13H28N2O3S. The summed E-state index contributed by atoms with van der Waals surface area (Å²) in [5.41, 5.74) is 0. The first-order valence-corrected chi connectivity index (χ1v) is 8.67. The molecule has 0 radical (unpaired) electrons. The van der Waals surface area contributed by atoms with Gasteiger partial charge in [0.2, 0.25) is 10.0 Å². The van der Waals surface area contributed by atoms with Crippen LogP contribution in [0.5, 0.6) is 0 Å². The quantitative estimate of drug-likeness (QED) is 0.706. The zero-order chi connectivity index (χ0) is 14.5. The highest BCUT2D eigenvalue weighted by molar-refractivity contribution is 7.89. The number of rotatable bonds is 7. The molecule has 1 saturated heterocycles. The van der Waals surface area contributed by atoms with Crippen molar-refractivity contribution < 1.29 is 13.2 Å². The minimum absolute atomic E-state index is 0.0101. The second-order valence-corrected chi connectivity index (χ2v) is 8.12. The fraction of sp³-hybridized carbons (Fsp3) is 1.00. The molecule has 0 saturated carbocycles. The van der Waals surface area contributed by atoms with E-state index in [9.17, 15) is 8.42 Å². The van der Waals surface area contributed by atoms with Crippen LogP contribution in [0, 0.1) is 0 Å². The van der Waals surface area contributed by atoms with Gasteiger partial charge in [0, 0.05) is 26.7 Å². The standard InChI is InChI=1S/C13H28N2O3S/c1-5-6-7-15-8-9-18-13(11-15)10-14(4)19(16,17)12(2)3/h12-13H,5-11H2,1-4H3. The summed E-state index contributed by atoms with van der Waals surface area (Å²) >= 11 is 0. The third-order valence-corrected chi connectivity index (χ3v) is 5.75. The molecule has 0 aromatic heterocycles. The minimum atomic E-state index is -3.18. The van der Waals surface area contributed by atoms with Crippen LogP contribution in [0.4, 0.5) is 0 Å². The van der Waals surface area contributed by atoms with Crippen LogP contribution in [-0.2, 0) is 14.8 Å². The predicted molar refractivity (Wildman–Crippen MR) is 77.8 cm³/mol. The van der Waals surface area contributed by atoms with E-state index in [-0.39, 0.29) is 11.4 Å². The van der Waals surface area contributed by atoms with Crippen LogP contribution in [0.2, 0.25) is 0 Å². The summed E-state index contributed by atoms with van der Waals surface area (Å²) in [6.45, 7) is 9.61. The molecule has 1 heterocycles. The highest BCUT2D eigenvalue weighted by Gasteiger charge is 2.27. The maximum absolute atomic E-state index is 12.0. The van der Waals surface area contributed by atoms with Crippen LogP contribution in [0.15, 0.2) is 0 Å². The van der Waals surface area contributed by atoms with Crippen LogP contribution < -0.4 is 0 Å². The van der Waals surface area contributed by atoms with E-state index in [1.54, 1.807) is 20.9 Å². The Kier molecular flexibility index (Phi) is 6.73. The van der Waals surface area contributed by atoms with Gasteiger partial charge in [0.1, 0.15) is 0 Å². The lowest BCUT2D eigenvalue weighted by Gasteiger charge is -2.34. The smallest absolute Gasteiger partial charge is 0.216 e. The summed E-state index contributed by atoms with van der Waals surface area (Å²) in [5.74, 6) is 0. The molecule has 1 rings (SSSR count). The number of sulfonamides is 1. The first-order chi connectivity index (χ1) is 8.87. The van der Waals surface area contributed by atoms with E-state index >= 15 is 0 Å². The molecule has 114 valence electrons. The minimum Gasteiger partial charge on any atom is -0.374 e. The normalized spacial score (nSPS) is 22.3. The van der Waals surface area contributed by atoms with Crippen LogP contribution >= 0.6 is 0 Å². The maximum atomic E-state index is 12.0. The molecule has 19 heavy (non-hydrogen) atoms. The summed E-state index contributed by atoms with van der Waals surface area (Å²) in [7, 11) is -1.53. The van der Waals surface area contributed by atoms with Gasteiger partial charge in [-0.1, -0.05) is 13.3 Å². The van der Waals surface area contributed by atoms with E-state index in [1.807, 2.05) is 0 Å². The highest BCUT2D eigenvalue weighted by Crippen LogP contribution is 2.12. The molecule has 1 aliphatic rings. The number of unbranched alkanes of at least 4 members (excludes halogenated alkanes) is 1. The van der Waals surface area contributed by atoms with Crippen molar-refractivity contribution in [1.82, 2.24) is 9.21 Å². The van der Waals surface area contributed by atoms with E-state index in [0.717, 1.165) is 19.6 Å². The number of hydrogen-bond donors (Lipinski definition) is 0. The Morgan fingerprint density at radius 3 is 2.68 bits per heavy atom. The topological polar surface area (TPSA) is 49.9 Å². The van der Waals surface area contributed by atoms with E-state index in [1.165, 1.54) is 17.1 Å². The maximum Gasteiger partial charge on any atom is 0.216 e. The molecule has 1 unspecified atom stereocenters. The molecule has 5 nitrogen and oxygen atoms in total. The zero-order valence-electron chi connectivity index (χ0n) is 12.6. The molecule has 1 aliphatic heterocycles. The largest absolute Gasteiger partial charge is 0.374 e. The Hall–Kier alpha value is -0.170. The molecule has 1 fully saturated rings. The monoisotopic (exact) mass is 292 g/mol. The Labute approximate surface area is 118 Å². The molecule has 0 spiro atoms. The third kappa shape index (κ3) is 5.02. The molecule has 6 heteroatoms. The number of likely N-dealkylation sites (N-methyl/N-ethyl adjacent to an activating group) is 1. The van der Waals surface area contributed by atoms with Gasteiger partial charge in [-0.2, -0.15) is 0 Å². The van der Waals surface area contributed by atoms with E-state index in [2.05, 4.69) is 11.8 Å². The van der Waals surface area contributed by atoms with Crippen LogP contribution in [-0.4, -0.2) is 68.8 Å². The fourth-order valence-electron chi connectivity index (χ4n) is 2.23. The van der Waals surface area contributed by atoms with Crippen molar-refractivity contribution in [1.29, 1.82) is 0 Å². The second kappa shape index (κ2) is 7.57. The van der Waals surface area contributed by atoms with Crippen molar-refractivity contribution in [2.45, 2.75) is 45.0 Å². The molecule has 0 amide bonds. The Morgan fingerprint density at radius 2 is 2.11 bits per heavy atom. The van der Waals surface area contributed by atoms with E-state index in [4.69, 9.17) is 4.74 Å². The molecular weight excluding hydrogens is 264 g/mol. The van der Waals surface area contributed by atoms with Crippen molar-refractivity contribution >= 4 is 10.0 Å². The van der Waals surface area contributed by atoms with Crippen molar-refractivity contribution in [3.8, 4) is 0 Å². The van der Waals surface area contributed by atoms with Crippen molar-refractivity contribution in [3.63, 3.8) is 0 Å². The second-order valence-electron chi connectivity index (χ2n) is 5.52. The molecule has 0 aromatic rings. The lowest BCUT2D eigenvalue weighted by atomic mass is 10.2. The van der Waals surface area contributed by atoms with Crippen LogP contribution in [0.3, 0.4) is 0 Å². The van der Waals surface area contributed by atoms with Crippen LogP contribution in [0.25, 0.3) is 0 Å². The van der Waals surface area contributed by atoms with Gasteiger partial charge in [0.15, 0.2) is 0 Å². The highest BCUT2D eigenvalue weighted by atomic mass is 32.2. The number of nitrogens with zero attached hydrogens (tertiary/aromatic N) is 2. The summed E-state index contributed by atoms with van der Waals surface area (Å²) in [4.78, 5) is 2.37. The lowest BCUT2D eigenvalue weighted by Crippen LogP contribution is -2.48. The molecule has 0 bridgehead atoms. The average molecular weight is 292 g/mol. The first-order valence-electron chi connectivity index (χ1n) is 7.17. The predicted octanol–water partition coefficient (Wildman–Crippen LogP) is 1.16. The van der Waals surface area contributed by atoms with Crippen molar-refractivity contribution in [2.24, 2.45) is 0 Å². The van der Waals surface area contributed by atoms with Gasteiger partial charge in [0.05, 0.1) is 18.0 Å². The third-order valence-electron chi connectivity index (χ3n) is 3.54. The number of ether oxygens (including phenoxy) is 1. The van der Waals surface area contributed by atoms with Crippen molar-refractivity contribution in [3.05, 3.63) is 0 Å². The Bertz CT molecular complexity index is 357. The van der Waals surface area contributed by atoms with Gasteiger partial charge < -0.3 is 4.74 Å². The van der Waals surface area contributed by atoms with Crippen LogP contribution in [0.1, 0.15) is 33.6 Å². The fourth-order valence-corrected chi connectivity index (χ4v) is 3.32. The summed E-state index contributed by atoms with van der Waals surface area (Å²) in [6, 6.07) is 0. The Balaban J connectivity index is 2.48. The number of hydrogen-bond acceptors (Lipinski definition) is 4. The molecule has 0 aromatic carbocycles. The molecule has 0 N–H and O–H groups in total. The number of morpholine rings is 1. The molecule has 0 aliphatic carbocycles. The first kappa shape index (κ1) is 16.9. The summed E-state index contributed by atoms with van der Waals surface area (Å²) in [6.07, 6.45) is 2.36.